The van der Waals surface area contributed by atoms with Gasteiger partial charge in [0.05, 0.1) is 6.54 Å². The summed E-state index contributed by atoms with van der Waals surface area (Å²) in [5.41, 5.74) is 6.37. The number of aryl methyl sites for hydroxylation is 1. The Morgan fingerprint density at radius 2 is 2.18 bits per heavy atom. The first kappa shape index (κ1) is 10.4. The van der Waals surface area contributed by atoms with E-state index in [2.05, 4.69) is 6.07 Å². The van der Waals surface area contributed by atoms with E-state index in [1.165, 1.54) is 5.56 Å². The van der Waals surface area contributed by atoms with Gasteiger partial charge in [-0.25, -0.2) is 4.79 Å². The molecule has 17 heavy (non-hydrogen) atoms. The predicted molar refractivity (Wildman–Crippen MR) is 63.9 cm³/mol. The molecule has 2 heterocycles. The molecule has 2 aliphatic heterocycles. The van der Waals surface area contributed by atoms with Gasteiger partial charge in [0.15, 0.2) is 0 Å². The lowest BCUT2D eigenvalue weighted by Crippen LogP contribution is -2.44. The molecule has 0 bridgehead atoms. The van der Waals surface area contributed by atoms with Gasteiger partial charge in [-0.05, 0) is 24.5 Å². The molecule has 0 aliphatic carbocycles. The van der Waals surface area contributed by atoms with Gasteiger partial charge in [-0.15, -0.1) is 0 Å². The number of hydrogen-bond acceptors (Lipinski definition) is 2. The third kappa shape index (κ3) is 1.73. The van der Waals surface area contributed by atoms with Gasteiger partial charge in [0.1, 0.15) is 11.4 Å². The SMILES string of the molecule is NC(=O)N1CCC2(CCc3ccccc3O2)C1. The van der Waals surface area contributed by atoms with Gasteiger partial charge in [-0.2, -0.15) is 0 Å². The second kappa shape index (κ2) is 3.65. The number of carbonyl (C=O) groups is 1. The van der Waals surface area contributed by atoms with Crippen molar-refractivity contribution in [3.05, 3.63) is 29.8 Å². The van der Waals surface area contributed by atoms with Gasteiger partial charge in [-0.3, -0.25) is 0 Å². The number of rotatable bonds is 0. The van der Waals surface area contributed by atoms with E-state index < -0.39 is 0 Å². The van der Waals surface area contributed by atoms with Crippen molar-refractivity contribution in [1.29, 1.82) is 0 Å². The van der Waals surface area contributed by atoms with Crippen molar-refractivity contribution in [3.8, 4) is 5.75 Å². The summed E-state index contributed by atoms with van der Waals surface area (Å²) in [7, 11) is 0. The number of carbonyl (C=O) groups excluding carboxylic acids is 1. The van der Waals surface area contributed by atoms with Crippen molar-refractivity contribution < 1.29 is 9.53 Å². The highest BCUT2D eigenvalue weighted by atomic mass is 16.5. The lowest BCUT2D eigenvalue weighted by atomic mass is 9.90. The largest absolute Gasteiger partial charge is 0.485 e. The molecule has 1 atom stereocenters. The molecule has 90 valence electrons. The highest BCUT2D eigenvalue weighted by Crippen LogP contribution is 2.38. The standard InChI is InChI=1S/C13H16N2O2/c14-12(16)15-8-7-13(9-15)6-5-10-3-1-2-4-11(10)17-13/h1-4H,5-9H2,(H2,14,16). The maximum Gasteiger partial charge on any atom is 0.314 e. The van der Waals surface area contributed by atoms with Crippen LogP contribution in [-0.4, -0.2) is 29.6 Å². The third-order valence-corrected chi connectivity index (χ3v) is 3.78. The number of primary amides is 1. The molecule has 2 aliphatic rings. The minimum absolute atomic E-state index is 0.205. The molecule has 4 heteroatoms. The molecule has 0 radical (unpaired) electrons. The zero-order valence-electron chi connectivity index (χ0n) is 9.69. The molecule has 2 N–H and O–H groups in total. The molecule has 1 fully saturated rings. The van der Waals surface area contributed by atoms with Crippen LogP contribution in [0.5, 0.6) is 5.75 Å². The fourth-order valence-electron chi connectivity index (χ4n) is 2.78. The van der Waals surface area contributed by atoms with Crippen LogP contribution in [0.4, 0.5) is 4.79 Å². The smallest absolute Gasteiger partial charge is 0.314 e. The van der Waals surface area contributed by atoms with Crippen molar-refractivity contribution in [3.63, 3.8) is 0 Å². The number of nitrogens with two attached hydrogens (primary N) is 1. The van der Waals surface area contributed by atoms with Gasteiger partial charge >= 0.3 is 6.03 Å². The molecule has 1 unspecified atom stereocenters. The molecule has 0 saturated carbocycles. The van der Waals surface area contributed by atoms with E-state index >= 15 is 0 Å². The first-order valence-electron chi connectivity index (χ1n) is 6.00. The molecule has 1 aromatic rings. The maximum absolute atomic E-state index is 11.2. The first-order chi connectivity index (χ1) is 8.19. The van der Waals surface area contributed by atoms with Crippen LogP contribution in [0.1, 0.15) is 18.4 Å². The Hall–Kier alpha value is -1.71. The second-order valence-electron chi connectivity index (χ2n) is 4.90. The van der Waals surface area contributed by atoms with Crippen LogP contribution in [0.15, 0.2) is 24.3 Å². The van der Waals surface area contributed by atoms with Gasteiger partial charge < -0.3 is 15.4 Å². The van der Waals surface area contributed by atoms with E-state index in [1.54, 1.807) is 4.90 Å². The van der Waals surface area contributed by atoms with E-state index in [1.807, 2.05) is 18.2 Å². The number of nitrogens with zero attached hydrogens (tertiary/aromatic N) is 1. The quantitative estimate of drug-likeness (QED) is 0.737. The summed E-state index contributed by atoms with van der Waals surface area (Å²) in [6.45, 7) is 1.33. The average Bonchev–Trinajstić information content (AvgIpc) is 2.73. The normalized spacial score (nSPS) is 26.7. The van der Waals surface area contributed by atoms with Gasteiger partial charge in [0.25, 0.3) is 0 Å². The summed E-state index contributed by atoms with van der Waals surface area (Å²) in [4.78, 5) is 12.8. The average molecular weight is 232 g/mol. The van der Waals surface area contributed by atoms with Crippen LogP contribution in [0, 0.1) is 0 Å². The van der Waals surface area contributed by atoms with Gasteiger partial charge in [-0.1, -0.05) is 18.2 Å². The lowest BCUT2D eigenvalue weighted by molar-refractivity contribution is 0.0580. The zero-order valence-corrected chi connectivity index (χ0v) is 9.69. The summed E-state index contributed by atoms with van der Waals surface area (Å²) < 4.78 is 6.11. The summed E-state index contributed by atoms with van der Waals surface area (Å²) in [5.74, 6) is 0.963. The Kier molecular flexibility index (Phi) is 2.24. The molecular formula is C13H16N2O2. The predicted octanol–water partition coefficient (Wildman–Crippen LogP) is 1.53. The Morgan fingerprint density at radius 1 is 1.35 bits per heavy atom. The number of hydrogen-bond donors (Lipinski definition) is 1. The van der Waals surface area contributed by atoms with Gasteiger partial charge in [0.2, 0.25) is 0 Å². The fourth-order valence-corrected chi connectivity index (χ4v) is 2.78. The van der Waals surface area contributed by atoms with E-state index in [0.717, 1.165) is 25.0 Å². The summed E-state index contributed by atoms with van der Waals surface area (Å²) in [6.07, 6.45) is 2.86. The molecule has 1 saturated heterocycles. The molecular weight excluding hydrogens is 216 g/mol. The van der Waals surface area contributed by atoms with E-state index in [4.69, 9.17) is 10.5 Å². The van der Waals surface area contributed by atoms with Crippen molar-refractivity contribution >= 4 is 6.03 Å². The van der Waals surface area contributed by atoms with Crippen LogP contribution in [0.2, 0.25) is 0 Å². The Balaban J connectivity index is 1.82. The lowest BCUT2D eigenvalue weighted by Gasteiger charge is -2.35. The minimum atomic E-state index is -0.343. The number of likely N-dealkylation sites (tertiary alicyclic amines) is 1. The van der Waals surface area contributed by atoms with E-state index in [0.29, 0.717) is 13.1 Å². The number of para-hydroxylation sites is 1. The number of amides is 2. The Bertz CT molecular complexity index is 460. The fraction of sp³-hybridized carbons (Fsp3) is 0.462. The summed E-state index contributed by atoms with van der Waals surface area (Å²) in [5, 5.41) is 0. The Labute approximate surface area is 100 Å². The number of ether oxygens (including phenoxy) is 1. The van der Waals surface area contributed by atoms with Crippen LogP contribution in [0.3, 0.4) is 0 Å². The number of fused-ring (bicyclic) bond motifs is 1. The molecule has 2 amide bonds. The molecule has 0 aromatic heterocycles. The van der Waals surface area contributed by atoms with Crippen LogP contribution < -0.4 is 10.5 Å². The topological polar surface area (TPSA) is 55.6 Å². The van der Waals surface area contributed by atoms with Crippen LogP contribution >= 0.6 is 0 Å². The third-order valence-electron chi connectivity index (χ3n) is 3.78. The highest BCUT2D eigenvalue weighted by molar-refractivity contribution is 5.72. The molecule has 4 nitrogen and oxygen atoms in total. The van der Waals surface area contributed by atoms with Gasteiger partial charge in [0, 0.05) is 13.0 Å². The summed E-state index contributed by atoms with van der Waals surface area (Å²) in [6, 6.07) is 7.78. The molecule has 1 aromatic carbocycles. The molecule has 1 spiro atoms. The minimum Gasteiger partial charge on any atom is -0.485 e. The number of urea groups is 1. The number of benzene rings is 1. The second-order valence-corrected chi connectivity index (χ2v) is 4.90. The van der Waals surface area contributed by atoms with Crippen molar-refractivity contribution in [2.75, 3.05) is 13.1 Å². The van der Waals surface area contributed by atoms with Crippen LogP contribution in [0.25, 0.3) is 0 Å². The van der Waals surface area contributed by atoms with Crippen molar-refractivity contribution in [1.82, 2.24) is 4.90 Å². The van der Waals surface area contributed by atoms with E-state index in [-0.39, 0.29) is 11.6 Å². The monoisotopic (exact) mass is 232 g/mol. The highest BCUT2D eigenvalue weighted by Gasteiger charge is 2.43. The zero-order chi connectivity index (χ0) is 11.9. The summed E-state index contributed by atoms with van der Waals surface area (Å²) >= 11 is 0. The molecule has 3 rings (SSSR count). The van der Waals surface area contributed by atoms with Crippen molar-refractivity contribution in [2.24, 2.45) is 5.73 Å². The maximum atomic E-state index is 11.2. The Morgan fingerprint density at radius 3 is 2.94 bits per heavy atom. The van der Waals surface area contributed by atoms with Crippen LogP contribution in [-0.2, 0) is 6.42 Å². The first-order valence-corrected chi connectivity index (χ1v) is 6.00. The van der Waals surface area contributed by atoms with E-state index in [9.17, 15) is 4.79 Å². The van der Waals surface area contributed by atoms with Crippen molar-refractivity contribution in [2.45, 2.75) is 24.9 Å².